The summed E-state index contributed by atoms with van der Waals surface area (Å²) in [5.74, 6) is -1.24. The summed E-state index contributed by atoms with van der Waals surface area (Å²) in [5, 5.41) is 9.06. The van der Waals surface area contributed by atoms with Crippen molar-refractivity contribution in [3.05, 3.63) is 29.3 Å². The summed E-state index contributed by atoms with van der Waals surface area (Å²) in [5.41, 5.74) is 0.442. The second-order valence-corrected chi connectivity index (χ2v) is 7.46. The predicted molar refractivity (Wildman–Crippen MR) is 83.8 cm³/mol. The monoisotopic (exact) mass is 340 g/mol. The third-order valence-electron chi connectivity index (χ3n) is 3.95. The van der Waals surface area contributed by atoms with E-state index in [1.807, 2.05) is 0 Å². The maximum Gasteiger partial charge on any atom is 0.335 e. The average Bonchev–Trinajstić information content (AvgIpc) is 2.73. The number of carbonyl (C=O) groups excluding carboxylic acids is 1. The molecule has 1 amide bonds. The zero-order valence-electron chi connectivity index (χ0n) is 13.2. The van der Waals surface area contributed by atoms with Gasteiger partial charge in [0.05, 0.1) is 10.5 Å². The quantitative estimate of drug-likeness (QED) is 0.883. The van der Waals surface area contributed by atoms with Gasteiger partial charge in [-0.2, -0.15) is 4.31 Å². The highest BCUT2D eigenvalue weighted by Gasteiger charge is 2.29. The first kappa shape index (κ1) is 17.4. The molecular formula is C15H20N2O5S. The molecule has 1 fully saturated rings. The van der Waals surface area contributed by atoms with Crippen LogP contribution < -0.4 is 0 Å². The highest BCUT2D eigenvalue weighted by Crippen LogP contribution is 2.22. The molecule has 126 valence electrons. The zero-order valence-corrected chi connectivity index (χ0v) is 14.0. The van der Waals surface area contributed by atoms with Gasteiger partial charge >= 0.3 is 5.97 Å². The van der Waals surface area contributed by atoms with Crippen molar-refractivity contribution in [2.24, 2.45) is 0 Å². The van der Waals surface area contributed by atoms with Crippen molar-refractivity contribution in [1.82, 2.24) is 9.21 Å². The van der Waals surface area contributed by atoms with Gasteiger partial charge in [0.15, 0.2) is 0 Å². The number of nitrogens with zero attached hydrogens (tertiary/aromatic N) is 2. The smallest absolute Gasteiger partial charge is 0.335 e. The van der Waals surface area contributed by atoms with E-state index in [-0.39, 0.29) is 22.9 Å². The number of hydrogen-bond donors (Lipinski definition) is 1. The van der Waals surface area contributed by atoms with Crippen LogP contribution in [0.3, 0.4) is 0 Å². The van der Waals surface area contributed by atoms with Gasteiger partial charge in [0.1, 0.15) is 0 Å². The Morgan fingerprint density at radius 1 is 1.13 bits per heavy atom. The topological polar surface area (TPSA) is 95.0 Å². The SMILES string of the molecule is CC(=O)N1CCCN(S(=O)(=O)c2cc(C(=O)O)ccc2C)CC1. The third kappa shape index (κ3) is 3.70. The van der Waals surface area contributed by atoms with Crippen LogP contribution in [-0.4, -0.2) is 60.8 Å². The maximum atomic E-state index is 12.8. The fourth-order valence-corrected chi connectivity index (χ4v) is 4.32. The first-order valence-electron chi connectivity index (χ1n) is 7.33. The highest BCUT2D eigenvalue weighted by molar-refractivity contribution is 7.89. The number of carbonyl (C=O) groups is 2. The second kappa shape index (κ2) is 6.67. The number of benzene rings is 1. The standard InChI is InChI=1S/C15H20N2O5S/c1-11-4-5-13(15(19)20)10-14(11)23(21,22)17-7-3-6-16(8-9-17)12(2)18/h4-5,10H,3,6-9H2,1-2H3,(H,19,20). The Bertz CT molecular complexity index is 729. The van der Waals surface area contributed by atoms with Crippen LogP contribution in [0.1, 0.15) is 29.3 Å². The summed E-state index contributed by atoms with van der Waals surface area (Å²) < 4.78 is 27.0. The molecule has 0 radical (unpaired) electrons. The van der Waals surface area contributed by atoms with Crippen molar-refractivity contribution < 1.29 is 23.1 Å². The molecule has 1 saturated heterocycles. The molecule has 0 unspecified atom stereocenters. The van der Waals surface area contributed by atoms with Crippen molar-refractivity contribution in [2.75, 3.05) is 26.2 Å². The second-order valence-electron chi connectivity index (χ2n) is 5.55. The van der Waals surface area contributed by atoms with Crippen LogP contribution in [0.5, 0.6) is 0 Å². The fraction of sp³-hybridized carbons (Fsp3) is 0.467. The van der Waals surface area contributed by atoms with Crippen molar-refractivity contribution in [3.63, 3.8) is 0 Å². The Morgan fingerprint density at radius 3 is 2.43 bits per heavy atom. The summed E-state index contributed by atoms with van der Waals surface area (Å²) >= 11 is 0. The molecule has 1 N–H and O–H groups in total. The molecule has 1 aliphatic heterocycles. The van der Waals surface area contributed by atoms with Gasteiger partial charge in [0.2, 0.25) is 15.9 Å². The zero-order chi connectivity index (χ0) is 17.2. The van der Waals surface area contributed by atoms with Gasteiger partial charge in [0, 0.05) is 33.1 Å². The minimum Gasteiger partial charge on any atom is -0.478 e. The molecule has 1 aromatic carbocycles. The molecule has 23 heavy (non-hydrogen) atoms. The first-order valence-corrected chi connectivity index (χ1v) is 8.77. The molecule has 0 saturated carbocycles. The Morgan fingerprint density at radius 2 is 1.83 bits per heavy atom. The van der Waals surface area contributed by atoms with Crippen molar-refractivity contribution in [3.8, 4) is 0 Å². The van der Waals surface area contributed by atoms with Gasteiger partial charge < -0.3 is 10.0 Å². The van der Waals surface area contributed by atoms with Crippen LogP contribution in [0, 0.1) is 6.92 Å². The summed E-state index contributed by atoms with van der Waals surface area (Å²) in [6, 6.07) is 4.08. The number of hydrogen-bond acceptors (Lipinski definition) is 4. The lowest BCUT2D eigenvalue weighted by Crippen LogP contribution is -2.36. The predicted octanol–water partition coefficient (Wildman–Crippen LogP) is 0.936. The molecule has 8 heteroatoms. The van der Waals surface area contributed by atoms with Crippen LogP contribution in [0.2, 0.25) is 0 Å². The van der Waals surface area contributed by atoms with Crippen LogP contribution in [0.25, 0.3) is 0 Å². The average molecular weight is 340 g/mol. The van der Waals surface area contributed by atoms with E-state index in [1.165, 1.54) is 29.4 Å². The number of carboxylic acids is 1. The molecule has 0 atom stereocenters. The van der Waals surface area contributed by atoms with Crippen molar-refractivity contribution in [1.29, 1.82) is 0 Å². The molecule has 7 nitrogen and oxygen atoms in total. The molecule has 0 aromatic heterocycles. The molecule has 1 aromatic rings. The van der Waals surface area contributed by atoms with Crippen molar-refractivity contribution >= 4 is 21.9 Å². The van der Waals surface area contributed by atoms with Crippen molar-refractivity contribution in [2.45, 2.75) is 25.2 Å². The summed E-state index contributed by atoms with van der Waals surface area (Å²) in [6.07, 6.45) is 0.552. The number of aryl methyl sites for hydroxylation is 1. The third-order valence-corrected chi connectivity index (χ3v) is 5.99. The van der Waals surface area contributed by atoms with Gasteiger partial charge in [0.25, 0.3) is 0 Å². The Balaban J connectivity index is 2.33. The van der Waals surface area contributed by atoms with Crippen LogP contribution in [0.15, 0.2) is 23.1 Å². The largest absolute Gasteiger partial charge is 0.478 e. The molecule has 1 heterocycles. The number of rotatable bonds is 3. The van der Waals surface area contributed by atoms with Gasteiger partial charge in [-0.25, -0.2) is 13.2 Å². The van der Waals surface area contributed by atoms with Gasteiger partial charge in [-0.3, -0.25) is 4.79 Å². The molecule has 2 rings (SSSR count). The number of aromatic carboxylic acids is 1. The summed E-state index contributed by atoms with van der Waals surface area (Å²) in [6.45, 7) is 4.48. The van der Waals surface area contributed by atoms with E-state index < -0.39 is 16.0 Å². The Hall–Kier alpha value is -1.93. The van der Waals surface area contributed by atoms with E-state index in [0.717, 1.165) is 0 Å². The molecule has 0 bridgehead atoms. The lowest BCUT2D eigenvalue weighted by atomic mass is 10.1. The highest BCUT2D eigenvalue weighted by atomic mass is 32.2. The Labute approximate surface area is 135 Å². The minimum atomic E-state index is -3.79. The number of carboxylic acid groups (broad SMARTS) is 1. The van der Waals surface area contributed by atoms with Crippen LogP contribution >= 0.6 is 0 Å². The van der Waals surface area contributed by atoms with E-state index in [1.54, 1.807) is 11.8 Å². The minimum absolute atomic E-state index is 0.00803. The lowest BCUT2D eigenvalue weighted by Gasteiger charge is -2.22. The van der Waals surface area contributed by atoms with E-state index in [4.69, 9.17) is 5.11 Å². The number of sulfonamides is 1. The van der Waals surface area contributed by atoms with Gasteiger partial charge in [-0.15, -0.1) is 0 Å². The van der Waals surface area contributed by atoms with Gasteiger partial charge in [-0.1, -0.05) is 6.07 Å². The lowest BCUT2D eigenvalue weighted by molar-refractivity contribution is -0.128. The normalized spacial score (nSPS) is 16.9. The summed E-state index contributed by atoms with van der Waals surface area (Å²) in [4.78, 5) is 24.2. The van der Waals surface area contributed by atoms with E-state index in [2.05, 4.69) is 0 Å². The van der Waals surface area contributed by atoms with Gasteiger partial charge in [-0.05, 0) is 31.0 Å². The van der Waals surface area contributed by atoms with E-state index in [9.17, 15) is 18.0 Å². The molecule has 0 aliphatic carbocycles. The molecular weight excluding hydrogens is 320 g/mol. The fourth-order valence-electron chi connectivity index (χ4n) is 2.60. The first-order chi connectivity index (χ1) is 10.7. The number of amides is 1. The summed E-state index contributed by atoms with van der Waals surface area (Å²) in [7, 11) is -3.79. The van der Waals surface area contributed by atoms with Crippen LogP contribution in [0.4, 0.5) is 0 Å². The Kier molecular flexibility index (Phi) is 5.06. The van der Waals surface area contributed by atoms with E-state index in [0.29, 0.717) is 31.6 Å². The maximum absolute atomic E-state index is 12.8. The molecule has 1 aliphatic rings. The van der Waals surface area contributed by atoms with E-state index >= 15 is 0 Å². The molecule has 0 spiro atoms. The van der Waals surface area contributed by atoms with Crippen LogP contribution in [-0.2, 0) is 14.8 Å².